The first-order valence-corrected chi connectivity index (χ1v) is 9.22. The number of amides is 1. The van der Waals surface area contributed by atoms with Gasteiger partial charge in [-0.3, -0.25) is 4.79 Å². The fourth-order valence-corrected chi connectivity index (χ4v) is 3.20. The Labute approximate surface area is 147 Å². The van der Waals surface area contributed by atoms with E-state index in [1.54, 1.807) is 4.90 Å². The first-order chi connectivity index (χ1) is 10.6. The van der Waals surface area contributed by atoms with Gasteiger partial charge >= 0.3 is 0 Å². The quantitative estimate of drug-likeness (QED) is 0.743. The van der Waals surface area contributed by atoms with Gasteiger partial charge in [-0.1, -0.05) is 23.2 Å². The minimum absolute atomic E-state index is 0.0366. The number of nitrogens with zero attached hydrogens (tertiary/aromatic N) is 2. The molecule has 1 rings (SSSR count). The molecule has 0 heterocycles. The lowest BCUT2D eigenvalue weighted by molar-refractivity contribution is -0.128. The highest BCUT2D eigenvalue weighted by Crippen LogP contribution is 2.24. The smallest absolute Gasteiger partial charge is 0.240 e. The third kappa shape index (κ3) is 6.64. The van der Waals surface area contributed by atoms with Crippen molar-refractivity contribution < 1.29 is 13.2 Å². The Morgan fingerprint density at radius 2 is 1.78 bits per heavy atom. The molecule has 0 atom stereocenters. The molecule has 1 N–H and O–H groups in total. The molecule has 0 unspecified atom stereocenters. The van der Waals surface area contributed by atoms with Gasteiger partial charge < -0.3 is 9.80 Å². The molecule has 0 fully saturated rings. The highest BCUT2D eigenvalue weighted by molar-refractivity contribution is 7.89. The largest absolute Gasteiger partial charge is 0.340 e. The molecule has 0 aliphatic rings. The van der Waals surface area contributed by atoms with Crippen LogP contribution < -0.4 is 4.72 Å². The predicted octanol–water partition coefficient (Wildman–Crippen LogP) is 1.68. The molecule has 9 heteroatoms. The summed E-state index contributed by atoms with van der Waals surface area (Å²) in [5.41, 5.74) is 0. The second-order valence-corrected chi connectivity index (χ2v) is 7.86. The standard InChI is InChI=1S/C14H21Cl2N3O3S/c1-11(20)19(9-8-18(2)3)7-6-17-23(21,22)12-4-5-13(15)14(16)10-12/h4-5,10,17H,6-9H2,1-3H3. The molecule has 0 saturated heterocycles. The van der Waals surface area contributed by atoms with Crippen molar-refractivity contribution in [3.8, 4) is 0 Å². The lowest BCUT2D eigenvalue weighted by Gasteiger charge is -2.23. The number of nitrogens with one attached hydrogen (secondary N) is 1. The molecule has 1 aromatic carbocycles. The summed E-state index contributed by atoms with van der Waals surface area (Å²) >= 11 is 11.6. The second kappa shape index (κ2) is 8.84. The lowest BCUT2D eigenvalue weighted by Crippen LogP contribution is -2.40. The zero-order chi connectivity index (χ0) is 17.6. The number of benzene rings is 1. The molecule has 1 aromatic rings. The Morgan fingerprint density at radius 1 is 1.13 bits per heavy atom. The van der Waals surface area contributed by atoms with E-state index in [-0.39, 0.29) is 27.4 Å². The van der Waals surface area contributed by atoms with Crippen molar-refractivity contribution >= 4 is 39.1 Å². The maximum atomic E-state index is 12.2. The third-order valence-corrected chi connectivity index (χ3v) is 5.34. The Bertz CT molecular complexity index is 651. The predicted molar refractivity (Wildman–Crippen MR) is 92.5 cm³/mol. The molecule has 0 aliphatic carbocycles. The summed E-state index contributed by atoms with van der Waals surface area (Å²) in [7, 11) is 0.122. The molecule has 23 heavy (non-hydrogen) atoms. The SMILES string of the molecule is CC(=O)N(CCNS(=O)(=O)c1ccc(Cl)c(Cl)c1)CCN(C)C. The number of carbonyl (C=O) groups excluding carboxylic acids is 1. The van der Waals surface area contributed by atoms with Crippen molar-refractivity contribution in [2.45, 2.75) is 11.8 Å². The topological polar surface area (TPSA) is 69.7 Å². The average molecular weight is 382 g/mol. The second-order valence-electron chi connectivity index (χ2n) is 5.28. The number of likely N-dealkylation sites (N-methyl/N-ethyl adjacent to an activating group) is 1. The van der Waals surface area contributed by atoms with Gasteiger partial charge in [-0.15, -0.1) is 0 Å². The van der Waals surface area contributed by atoms with Crippen LogP contribution >= 0.6 is 23.2 Å². The van der Waals surface area contributed by atoms with Crippen LogP contribution in [0.15, 0.2) is 23.1 Å². The summed E-state index contributed by atoms with van der Waals surface area (Å²) in [6.45, 7) is 3.12. The third-order valence-electron chi connectivity index (χ3n) is 3.14. The highest BCUT2D eigenvalue weighted by Gasteiger charge is 2.16. The highest BCUT2D eigenvalue weighted by atomic mass is 35.5. The van der Waals surface area contributed by atoms with Crippen LogP contribution in [-0.4, -0.2) is 64.4 Å². The van der Waals surface area contributed by atoms with Crippen molar-refractivity contribution in [2.75, 3.05) is 40.3 Å². The van der Waals surface area contributed by atoms with Gasteiger partial charge in [0.25, 0.3) is 0 Å². The van der Waals surface area contributed by atoms with Gasteiger partial charge in [-0.2, -0.15) is 0 Å². The normalized spacial score (nSPS) is 11.7. The van der Waals surface area contributed by atoms with E-state index in [1.807, 2.05) is 19.0 Å². The molecule has 6 nitrogen and oxygen atoms in total. The van der Waals surface area contributed by atoms with Gasteiger partial charge in [0.2, 0.25) is 15.9 Å². The average Bonchev–Trinajstić information content (AvgIpc) is 2.44. The summed E-state index contributed by atoms with van der Waals surface area (Å²) in [4.78, 5) is 15.1. The Morgan fingerprint density at radius 3 is 2.30 bits per heavy atom. The van der Waals surface area contributed by atoms with Gasteiger partial charge in [-0.05, 0) is 32.3 Å². The van der Waals surface area contributed by atoms with E-state index in [0.29, 0.717) is 19.6 Å². The van der Waals surface area contributed by atoms with E-state index in [0.717, 1.165) is 0 Å². The number of rotatable bonds is 8. The van der Waals surface area contributed by atoms with E-state index in [1.165, 1.54) is 25.1 Å². The van der Waals surface area contributed by atoms with Gasteiger partial charge in [-0.25, -0.2) is 13.1 Å². The zero-order valence-corrected chi connectivity index (χ0v) is 15.7. The number of hydrogen-bond acceptors (Lipinski definition) is 4. The summed E-state index contributed by atoms with van der Waals surface area (Å²) in [6.07, 6.45) is 0. The van der Waals surface area contributed by atoms with Crippen molar-refractivity contribution in [3.63, 3.8) is 0 Å². The lowest BCUT2D eigenvalue weighted by atomic mass is 10.4. The molecule has 0 spiro atoms. The Hall–Kier alpha value is -0.860. The van der Waals surface area contributed by atoms with Crippen molar-refractivity contribution in [1.82, 2.24) is 14.5 Å². The molecule has 0 aliphatic heterocycles. The summed E-state index contributed by atoms with van der Waals surface area (Å²) in [5.74, 6) is -0.0967. The van der Waals surface area contributed by atoms with Crippen LogP contribution in [0.1, 0.15) is 6.92 Å². The monoisotopic (exact) mass is 381 g/mol. The summed E-state index contributed by atoms with van der Waals surface area (Å²) in [5, 5.41) is 0.461. The van der Waals surface area contributed by atoms with Gasteiger partial charge in [0.05, 0.1) is 14.9 Å². The number of hydrogen-bond donors (Lipinski definition) is 1. The number of sulfonamides is 1. The zero-order valence-electron chi connectivity index (χ0n) is 13.3. The fraction of sp³-hybridized carbons (Fsp3) is 0.500. The number of carbonyl (C=O) groups is 1. The minimum atomic E-state index is -3.69. The number of halogens is 2. The molecule has 0 saturated carbocycles. The van der Waals surface area contributed by atoms with E-state index in [4.69, 9.17) is 23.2 Å². The first-order valence-electron chi connectivity index (χ1n) is 6.98. The molecular formula is C14H21Cl2N3O3S. The van der Waals surface area contributed by atoms with Crippen LogP contribution in [0.2, 0.25) is 10.0 Å². The van der Waals surface area contributed by atoms with Crippen LogP contribution in [0, 0.1) is 0 Å². The molecular weight excluding hydrogens is 361 g/mol. The van der Waals surface area contributed by atoms with Crippen LogP contribution in [0.3, 0.4) is 0 Å². The van der Waals surface area contributed by atoms with E-state index in [2.05, 4.69) is 4.72 Å². The van der Waals surface area contributed by atoms with Crippen LogP contribution in [-0.2, 0) is 14.8 Å². The van der Waals surface area contributed by atoms with Crippen molar-refractivity contribution in [1.29, 1.82) is 0 Å². The molecule has 1 amide bonds. The molecule has 0 aromatic heterocycles. The van der Waals surface area contributed by atoms with E-state index in [9.17, 15) is 13.2 Å². The Kier molecular flexibility index (Phi) is 7.76. The Balaban J connectivity index is 2.64. The maximum absolute atomic E-state index is 12.2. The fourth-order valence-electron chi connectivity index (χ4n) is 1.79. The van der Waals surface area contributed by atoms with Crippen molar-refractivity contribution in [2.24, 2.45) is 0 Å². The van der Waals surface area contributed by atoms with Crippen molar-refractivity contribution in [3.05, 3.63) is 28.2 Å². The van der Waals surface area contributed by atoms with E-state index < -0.39 is 10.0 Å². The first kappa shape index (κ1) is 20.2. The summed E-state index contributed by atoms with van der Waals surface area (Å²) in [6, 6.07) is 4.10. The van der Waals surface area contributed by atoms with Crippen LogP contribution in [0.25, 0.3) is 0 Å². The molecule has 130 valence electrons. The maximum Gasteiger partial charge on any atom is 0.240 e. The minimum Gasteiger partial charge on any atom is -0.340 e. The summed E-state index contributed by atoms with van der Waals surface area (Å²) < 4.78 is 26.8. The van der Waals surface area contributed by atoms with Gasteiger partial charge in [0, 0.05) is 33.1 Å². The van der Waals surface area contributed by atoms with Gasteiger partial charge in [0.1, 0.15) is 0 Å². The molecule has 0 bridgehead atoms. The van der Waals surface area contributed by atoms with E-state index >= 15 is 0 Å². The molecule has 0 radical (unpaired) electrons. The van der Waals surface area contributed by atoms with Crippen LogP contribution in [0.4, 0.5) is 0 Å². The van der Waals surface area contributed by atoms with Gasteiger partial charge in [0.15, 0.2) is 0 Å². The van der Waals surface area contributed by atoms with Crippen LogP contribution in [0.5, 0.6) is 0 Å².